The summed E-state index contributed by atoms with van der Waals surface area (Å²) < 4.78 is 24.9. The van der Waals surface area contributed by atoms with Gasteiger partial charge in [-0.3, -0.25) is 0 Å². The molecule has 1 aromatic rings. The maximum absolute atomic E-state index is 12.5. The summed E-state index contributed by atoms with van der Waals surface area (Å²) in [7, 11) is 0. The number of alkyl halides is 2. The normalized spacial score (nSPS) is 11.3. The van der Waals surface area contributed by atoms with Gasteiger partial charge in [0.1, 0.15) is 0 Å². The molecule has 1 aromatic heterocycles. The van der Waals surface area contributed by atoms with Gasteiger partial charge in [0.05, 0.1) is 13.2 Å². The van der Waals surface area contributed by atoms with Crippen molar-refractivity contribution in [2.24, 2.45) is 0 Å². The molecule has 1 rings (SSSR count). The van der Waals surface area contributed by atoms with E-state index < -0.39 is 13.0 Å². The van der Waals surface area contributed by atoms with Crippen LogP contribution in [0.15, 0.2) is 6.07 Å². The number of hydrogen-bond acceptors (Lipinski definition) is 4. The van der Waals surface area contributed by atoms with Crippen LogP contribution in [0.4, 0.5) is 14.7 Å². The fourth-order valence-corrected chi connectivity index (χ4v) is 1.57. The van der Waals surface area contributed by atoms with Gasteiger partial charge in [0.15, 0.2) is 0 Å². The van der Waals surface area contributed by atoms with Crippen LogP contribution in [0.2, 0.25) is 0 Å². The number of rotatable bonds is 6. The van der Waals surface area contributed by atoms with Crippen LogP contribution < -0.4 is 4.90 Å². The van der Waals surface area contributed by atoms with E-state index >= 15 is 0 Å². The Morgan fingerprint density at radius 2 is 2.00 bits per heavy atom. The number of aliphatic hydroxyl groups is 1. The number of aromatic nitrogens is 2. The first-order valence-corrected chi connectivity index (χ1v) is 5.93. The van der Waals surface area contributed by atoms with Gasteiger partial charge in [-0.05, 0) is 18.9 Å². The van der Waals surface area contributed by atoms with Crippen molar-refractivity contribution >= 4 is 5.95 Å². The quantitative estimate of drug-likeness (QED) is 0.848. The summed E-state index contributed by atoms with van der Waals surface area (Å²) >= 11 is 0. The zero-order valence-corrected chi connectivity index (χ0v) is 10.9. The van der Waals surface area contributed by atoms with Crippen molar-refractivity contribution in [1.82, 2.24) is 9.97 Å². The molecule has 0 fully saturated rings. The highest BCUT2D eigenvalue weighted by atomic mass is 19.3. The van der Waals surface area contributed by atoms with Crippen LogP contribution in [0.1, 0.15) is 31.2 Å². The zero-order chi connectivity index (χ0) is 13.7. The van der Waals surface area contributed by atoms with Crippen molar-refractivity contribution in [1.29, 1.82) is 0 Å². The Balaban J connectivity index is 3.02. The highest BCUT2D eigenvalue weighted by Crippen LogP contribution is 2.17. The smallest absolute Gasteiger partial charge is 0.255 e. The molecule has 0 saturated carbocycles. The molecule has 0 aromatic carbocycles. The minimum atomic E-state index is -2.48. The Morgan fingerprint density at radius 1 is 1.33 bits per heavy atom. The third kappa shape index (κ3) is 4.18. The van der Waals surface area contributed by atoms with Gasteiger partial charge in [0, 0.05) is 17.9 Å². The van der Waals surface area contributed by atoms with Crippen LogP contribution in [0, 0.1) is 6.92 Å². The molecule has 0 aliphatic rings. The molecule has 0 spiro atoms. The summed E-state index contributed by atoms with van der Waals surface area (Å²) in [6, 6.07) is 1.84. The molecular formula is C12H19F2N3O. The summed E-state index contributed by atoms with van der Waals surface area (Å²) in [6.45, 7) is 5.19. The monoisotopic (exact) mass is 259 g/mol. The second-order valence-corrected chi connectivity index (χ2v) is 4.45. The van der Waals surface area contributed by atoms with E-state index in [9.17, 15) is 8.78 Å². The van der Waals surface area contributed by atoms with Crippen molar-refractivity contribution in [3.63, 3.8) is 0 Å². The van der Waals surface area contributed by atoms with Gasteiger partial charge in [0.2, 0.25) is 5.95 Å². The molecule has 0 amide bonds. The van der Waals surface area contributed by atoms with Gasteiger partial charge >= 0.3 is 0 Å². The summed E-state index contributed by atoms with van der Waals surface area (Å²) in [6.07, 6.45) is -2.48. The Hall–Kier alpha value is -1.30. The molecule has 102 valence electrons. The lowest BCUT2D eigenvalue weighted by molar-refractivity contribution is 0.152. The fourth-order valence-electron chi connectivity index (χ4n) is 1.57. The molecule has 1 heterocycles. The van der Waals surface area contributed by atoms with Crippen molar-refractivity contribution in [3.8, 4) is 0 Å². The first-order chi connectivity index (χ1) is 8.43. The number of anilines is 1. The van der Waals surface area contributed by atoms with E-state index in [0.29, 0.717) is 0 Å². The second-order valence-electron chi connectivity index (χ2n) is 4.45. The molecule has 0 atom stereocenters. The molecule has 0 saturated heterocycles. The molecular weight excluding hydrogens is 240 g/mol. The molecule has 0 unspecified atom stereocenters. The molecule has 0 radical (unpaired) electrons. The Kier molecular flexibility index (Phi) is 5.40. The highest BCUT2D eigenvalue weighted by molar-refractivity contribution is 5.33. The first-order valence-electron chi connectivity index (χ1n) is 5.93. The van der Waals surface area contributed by atoms with Gasteiger partial charge in [-0.2, -0.15) is 0 Å². The van der Waals surface area contributed by atoms with E-state index in [2.05, 4.69) is 9.97 Å². The van der Waals surface area contributed by atoms with Crippen LogP contribution in [-0.2, 0) is 0 Å². The van der Waals surface area contributed by atoms with E-state index in [4.69, 9.17) is 5.11 Å². The topological polar surface area (TPSA) is 49.2 Å². The molecule has 1 N–H and O–H groups in total. The molecule has 0 aliphatic carbocycles. The SMILES string of the molecule is Cc1cc(C(C)C)nc(N(CCO)CC(F)F)n1. The van der Waals surface area contributed by atoms with Gasteiger partial charge in [-0.1, -0.05) is 13.8 Å². The van der Waals surface area contributed by atoms with Crippen molar-refractivity contribution in [3.05, 3.63) is 17.5 Å². The van der Waals surface area contributed by atoms with E-state index in [1.165, 1.54) is 4.90 Å². The number of halogens is 2. The molecule has 0 aliphatic heterocycles. The van der Waals surface area contributed by atoms with Crippen LogP contribution in [0.3, 0.4) is 0 Å². The van der Waals surface area contributed by atoms with Gasteiger partial charge < -0.3 is 10.0 Å². The lowest BCUT2D eigenvalue weighted by atomic mass is 10.1. The zero-order valence-electron chi connectivity index (χ0n) is 10.9. The van der Waals surface area contributed by atoms with Gasteiger partial charge in [-0.15, -0.1) is 0 Å². The molecule has 0 bridgehead atoms. The lowest BCUT2D eigenvalue weighted by Gasteiger charge is -2.22. The fraction of sp³-hybridized carbons (Fsp3) is 0.667. The predicted molar refractivity (Wildman–Crippen MR) is 66.2 cm³/mol. The molecule has 18 heavy (non-hydrogen) atoms. The van der Waals surface area contributed by atoms with E-state index in [0.717, 1.165) is 11.4 Å². The van der Waals surface area contributed by atoms with Crippen LogP contribution in [-0.4, -0.2) is 41.2 Å². The van der Waals surface area contributed by atoms with E-state index in [-0.39, 0.29) is 25.0 Å². The van der Waals surface area contributed by atoms with E-state index in [1.807, 2.05) is 19.9 Å². The summed E-state index contributed by atoms with van der Waals surface area (Å²) in [4.78, 5) is 9.74. The van der Waals surface area contributed by atoms with E-state index in [1.54, 1.807) is 6.92 Å². The third-order valence-electron chi connectivity index (χ3n) is 2.46. The Bertz CT molecular complexity index is 386. The van der Waals surface area contributed by atoms with Crippen LogP contribution >= 0.6 is 0 Å². The maximum atomic E-state index is 12.5. The Morgan fingerprint density at radius 3 is 2.50 bits per heavy atom. The van der Waals surface area contributed by atoms with Gasteiger partial charge in [-0.25, -0.2) is 18.7 Å². The summed E-state index contributed by atoms with van der Waals surface area (Å²) in [5, 5.41) is 8.92. The van der Waals surface area contributed by atoms with Crippen molar-refractivity contribution in [2.45, 2.75) is 33.1 Å². The van der Waals surface area contributed by atoms with Gasteiger partial charge in [0.25, 0.3) is 6.43 Å². The number of aryl methyl sites for hydroxylation is 1. The highest BCUT2D eigenvalue weighted by Gasteiger charge is 2.16. The number of hydrogen-bond donors (Lipinski definition) is 1. The predicted octanol–water partition coefficient (Wildman–Crippen LogP) is 1.97. The number of nitrogens with zero attached hydrogens (tertiary/aromatic N) is 3. The third-order valence-corrected chi connectivity index (χ3v) is 2.46. The van der Waals surface area contributed by atoms with Crippen LogP contribution in [0.5, 0.6) is 0 Å². The average Bonchev–Trinajstić information content (AvgIpc) is 2.27. The number of aliphatic hydroxyl groups excluding tert-OH is 1. The summed E-state index contributed by atoms with van der Waals surface area (Å²) in [5.74, 6) is 0.459. The average molecular weight is 259 g/mol. The Labute approximate surface area is 106 Å². The molecule has 6 heteroatoms. The maximum Gasteiger partial charge on any atom is 0.255 e. The standard InChI is InChI=1S/C12H19F2N3O/c1-8(2)10-6-9(3)15-12(16-10)17(4-5-18)7-11(13)14/h6,8,11,18H,4-5,7H2,1-3H3. The first kappa shape index (κ1) is 14.8. The second kappa shape index (κ2) is 6.58. The minimum absolute atomic E-state index is 0.103. The van der Waals surface area contributed by atoms with Crippen LogP contribution in [0.25, 0.3) is 0 Å². The summed E-state index contributed by atoms with van der Waals surface area (Å²) in [5.41, 5.74) is 1.55. The minimum Gasteiger partial charge on any atom is -0.395 e. The molecule has 4 nitrogen and oxygen atoms in total. The van der Waals surface area contributed by atoms with Crippen molar-refractivity contribution in [2.75, 3.05) is 24.6 Å². The lowest BCUT2D eigenvalue weighted by Crippen LogP contribution is -2.33. The largest absolute Gasteiger partial charge is 0.395 e. The van der Waals surface area contributed by atoms with Crippen molar-refractivity contribution < 1.29 is 13.9 Å².